The average molecular weight is 415 g/mol. The zero-order chi connectivity index (χ0) is 21.7. The molecule has 0 unspecified atom stereocenters. The fraction of sp³-hybridized carbons (Fsp3) is 0.773. The molecule has 0 amide bonds. The molecule has 1 heterocycles. The summed E-state index contributed by atoms with van der Waals surface area (Å²) in [4.78, 5) is 16.2. The lowest BCUT2D eigenvalue weighted by molar-refractivity contribution is -0.211. The van der Waals surface area contributed by atoms with Crippen molar-refractivity contribution in [2.45, 2.75) is 96.7 Å². The van der Waals surface area contributed by atoms with Crippen LogP contribution in [0.25, 0.3) is 0 Å². The fourth-order valence-electron chi connectivity index (χ4n) is 3.60. The van der Waals surface area contributed by atoms with Gasteiger partial charge in [0.15, 0.2) is 0 Å². The molecule has 0 aromatic carbocycles. The summed E-state index contributed by atoms with van der Waals surface area (Å²) in [5.74, 6) is -1.55. The van der Waals surface area contributed by atoms with Gasteiger partial charge in [-0.2, -0.15) is 0 Å². The van der Waals surface area contributed by atoms with E-state index in [0.29, 0.717) is 0 Å². The summed E-state index contributed by atoms with van der Waals surface area (Å²) in [5, 5.41) is 28.9. The minimum Gasteiger partial charge on any atom is -0.461 e. The molecule has 29 heavy (non-hydrogen) atoms. The van der Waals surface area contributed by atoms with Crippen LogP contribution in [0.1, 0.15) is 85.0 Å². The van der Waals surface area contributed by atoms with Gasteiger partial charge >= 0.3 is 5.97 Å². The van der Waals surface area contributed by atoms with Crippen LogP contribution in [0.5, 0.6) is 0 Å². The molecule has 0 aromatic rings. The number of hydrogen-bond donors (Lipinski definition) is 3. The topological polar surface area (TPSA) is 105 Å². The highest BCUT2D eigenvalue weighted by atomic mass is 17.1. The third-order valence-corrected chi connectivity index (χ3v) is 5.07. The van der Waals surface area contributed by atoms with Crippen LogP contribution in [0.3, 0.4) is 0 Å². The molecular weight excluding hydrogens is 376 g/mol. The van der Waals surface area contributed by atoms with E-state index < -0.39 is 30.0 Å². The maximum absolute atomic E-state index is 12.1. The fourth-order valence-corrected chi connectivity index (χ4v) is 3.60. The average Bonchev–Trinajstić information content (AvgIpc) is 2.96. The summed E-state index contributed by atoms with van der Waals surface area (Å²) in [7, 11) is 0. The van der Waals surface area contributed by atoms with Crippen molar-refractivity contribution in [2.75, 3.05) is 6.61 Å². The third-order valence-electron chi connectivity index (χ3n) is 5.07. The highest BCUT2D eigenvalue weighted by Gasteiger charge is 2.56. The van der Waals surface area contributed by atoms with E-state index in [4.69, 9.17) is 14.7 Å². The summed E-state index contributed by atoms with van der Waals surface area (Å²) in [6.07, 6.45) is 12.7. The molecule has 3 N–H and O–H groups in total. The van der Waals surface area contributed by atoms with Gasteiger partial charge in [-0.25, -0.2) is 10.1 Å². The van der Waals surface area contributed by atoms with Crippen LogP contribution in [-0.2, 0) is 19.2 Å². The molecule has 168 valence electrons. The predicted molar refractivity (Wildman–Crippen MR) is 110 cm³/mol. The third kappa shape index (κ3) is 7.64. The molecule has 1 rings (SSSR count). The lowest BCUT2D eigenvalue weighted by Crippen LogP contribution is -2.48. The Hall–Kier alpha value is -1.57. The molecule has 0 saturated carbocycles. The first-order valence-corrected chi connectivity index (χ1v) is 10.8. The van der Waals surface area contributed by atoms with E-state index in [1.54, 1.807) is 0 Å². The van der Waals surface area contributed by atoms with Crippen LogP contribution < -0.4 is 0 Å². The first-order chi connectivity index (χ1) is 13.9. The molecule has 0 saturated heterocycles. The highest BCUT2D eigenvalue weighted by Crippen LogP contribution is 2.41. The van der Waals surface area contributed by atoms with Gasteiger partial charge in [-0.15, -0.1) is 0 Å². The van der Waals surface area contributed by atoms with Crippen LogP contribution in [0.4, 0.5) is 0 Å². The Kier molecular flexibility index (Phi) is 12.0. The summed E-state index contributed by atoms with van der Waals surface area (Å²) in [5.41, 5.74) is -1.60. The Morgan fingerprint density at radius 3 is 2.28 bits per heavy atom. The lowest BCUT2D eigenvalue weighted by Gasteiger charge is -2.34. The van der Waals surface area contributed by atoms with Crippen LogP contribution in [0.15, 0.2) is 23.9 Å². The van der Waals surface area contributed by atoms with Crippen molar-refractivity contribution < 1.29 is 34.6 Å². The SMILES string of the molecule is CCCCCCCCCCC=COC1=C(OO)C(=O)O[C@]1(CC(C)C)[C@@H](O)CO. The maximum Gasteiger partial charge on any atom is 0.382 e. The predicted octanol–water partition coefficient (Wildman–Crippen LogP) is 4.44. The van der Waals surface area contributed by atoms with Gasteiger partial charge in [-0.05, 0) is 31.3 Å². The monoisotopic (exact) mass is 414 g/mol. The largest absolute Gasteiger partial charge is 0.461 e. The van der Waals surface area contributed by atoms with Crippen LogP contribution >= 0.6 is 0 Å². The van der Waals surface area contributed by atoms with E-state index >= 15 is 0 Å². The molecular formula is C22H38O7. The molecule has 0 aliphatic carbocycles. The van der Waals surface area contributed by atoms with E-state index in [1.807, 2.05) is 19.9 Å². The Balaban J connectivity index is 2.62. The normalized spacial score (nSPS) is 20.6. The van der Waals surface area contributed by atoms with Gasteiger partial charge in [-0.3, -0.25) is 0 Å². The molecule has 7 nitrogen and oxygen atoms in total. The van der Waals surface area contributed by atoms with Gasteiger partial charge in [0.2, 0.25) is 11.4 Å². The van der Waals surface area contributed by atoms with E-state index in [2.05, 4.69) is 11.8 Å². The smallest absolute Gasteiger partial charge is 0.382 e. The van der Waals surface area contributed by atoms with Gasteiger partial charge < -0.3 is 24.6 Å². The second-order valence-electron chi connectivity index (χ2n) is 8.08. The molecule has 7 heteroatoms. The Bertz CT molecular complexity index is 541. The highest BCUT2D eigenvalue weighted by molar-refractivity contribution is 5.90. The number of allylic oxidation sites excluding steroid dienone is 1. The standard InChI is InChI=1S/C22H38O7/c1-4-5-6-7-8-9-10-11-12-13-14-27-20-19(29-26)21(25)28-22(20,15-17(2)3)18(24)16-23/h13-14,17-18,23-24,26H,4-12,15-16H2,1-3H3/t18-,22+/m0/s1. The molecule has 0 aromatic heterocycles. The summed E-state index contributed by atoms with van der Waals surface area (Å²) in [6.45, 7) is 5.35. The number of cyclic esters (lactones) is 1. The van der Waals surface area contributed by atoms with Crippen molar-refractivity contribution in [1.82, 2.24) is 0 Å². The van der Waals surface area contributed by atoms with Crippen LogP contribution in [0, 0.1) is 5.92 Å². The number of esters is 1. The second-order valence-corrected chi connectivity index (χ2v) is 8.08. The minimum absolute atomic E-state index is 0.0157. The Morgan fingerprint density at radius 2 is 1.72 bits per heavy atom. The number of rotatable bonds is 16. The Morgan fingerprint density at radius 1 is 1.10 bits per heavy atom. The van der Waals surface area contributed by atoms with Crippen molar-refractivity contribution in [1.29, 1.82) is 0 Å². The maximum atomic E-state index is 12.1. The Labute approximate surface area is 174 Å². The molecule has 1 aliphatic heterocycles. The number of unbranched alkanes of at least 4 members (excludes halogenated alkanes) is 8. The number of aliphatic hydroxyl groups excluding tert-OH is 2. The van der Waals surface area contributed by atoms with Crippen molar-refractivity contribution >= 4 is 5.97 Å². The van der Waals surface area contributed by atoms with Gasteiger partial charge in [0.25, 0.3) is 5.76 Å². The first kappa shape index (κ1) is 25.5. The molecule has 0 fully saturated rings. The number of hydrogen-bond acceptors (Lipinski definition) is 7. The quantitative estimate of drug-likeness (QED) is 0.113. The zero-order valence-corrected chi connectivity index (χ0v) is 18.1. The summed E-state index contributed by atoms with van der Waals surface area (Å²) >= 11 is 0. The van der Waals surface area contributed by atoms with Gasteiger partial charge in [-0.1, -0.05) is 65.7 Å². The van der Waals surface area contributed by atoms with E-state index in [1.165, 1.54) is 44.8 Å². The van der Waals surface area contributed by atoms with E-state index in [-0.39, 0.29) is 18.1 Å². The second kappa shape index (κ2) is 13.6. The molecule has 0 bridgehead atoms. The van der Waals surface area contributed by atoms with Crippen molar-refractivity contribution in [3.8, 4) is 0 Å². The number of aliphatic hydroxyl groups is 2. The van der Waals surface area contributed by atoms with Gasteiger partial charge in [0.05, 0.1) is 12.9 Å². The van der Waals surface area contributed by atoms with E-state index in [9.17, 15) is 15.0 Å². The number of carbonyl (C=O) groups is 1. The lowest BCUT2D eigenvalue weighted by atomic mass is 9.86. The molecule has 2 atom stereocenters. The van der Waals surface area contributed by atoms with Crippen molar-refractivity contribution in [3.05, 3.63) is 23.9 Å². The minimum atomic E-state index is -1.60. The number of carbonyl (C=O) groups excluding carboxylic acids is 1. The summed E-state index contributed by atoms with van der Waals surface area (Å²) < 4.78 is 10.9. The number of ether oxygens (including phenoxy) is 2. The van der Waals surface area contributed by atoms with Crippen LogP contribution in [0.2, 0.25) is 0 Å². The molecule has 1 aliphatic rings. The molecule has 0 spiro atoms. The molecule has 0 radical (unpaired) electrons. The van der Waals surface area contributed by atoms with Crippen molar-refractivity contribution in [2.24, 2.45) is 5.92 Å². The zero-order valence-electron chi connectivity index (χ0n) is 18.1. The van der Waals surface area contributed by atoms with Gasteiger partial charge in [0, 0.05) is 0 Å². The summed E-state index contributed by atoms with van der Waals surface area (Å²) in [6, 6.07) is 0. The van der Waals surface area contributed by atoms with Gasteiger partial charge in [0.1, 0.15) is 6.10 Å². The van der Waals surface area contributed by atoms with Crippen LogP contribution in [-0.4, -0.2) is 39.8 Å². The van der Waals surface area contributed by atoms with E-state index in [0.717, 1.165) is 19.3 Å². The van der Waals surface area contributed by atoms with Crippen molar-refractivity contribution in [3.63, 3.8) is 0 Å². The first-order valence-electron chi connectivity index (χ1n) is 10.8.